The molecule has 2 aromatic carbocycles. The van der Waals surface area contributed by atoms with Crippen LogP contribution < -0.4 is 0 Å². The molecule has 28 heavy (non-hydrogen) atoms. The van der Waals surface area contributed by atoms with Crippen LogP contribution in [0.2, 0.25) is 0 Å². The number of rotatable bonds is 8. The SMILES string of the molecule is COC(=O)C(C(C)C)N(CC(=O)c1ccccc1)C(=O)OCc1ccccc1. The minimum Gasteiger partial charge on any atom is -0.467 e. The zero-order valence-electron chi connectivity index (χ0n) is 16.3. The molecule has 0 saturated heterocycles. The number of hydrogen-bond acceptors (Lipinski definition) is 5. The van der Waals surface area contributed by atoms with Crippen LogP contribution in [0.3, 0.4) is 0 Å². The van der Waals surface area contributed by atoms with Crippen LogP contribution in [-0.2, 0) is 20.9 Å². The van der Waals surface area contributed by atoms with Crippen LogP contribution >= 0.6 is 0 Å². The predicted octanol–water partition coefficient (Wildman–Crippen LogP) is 3.71. The molecule has 0 bridgehead atoms. The first-order valence-corrected chi connectivity index (χ1v) is 9.07. The van der Waals surface area contributed by atoms with Crippen LogP contribution in [-0.4, -0.2) is 42.4 Å². The van der Waals surface area contributed by atoms with Gasteiger partial charge in [-0.05, 0) is 11.5 Å². The largest absolute Gasteiger partial charge is 0.467 e. The molecule has 0 aliphatic rings. The molecule has 0 aromatic heterocycles. The third-order valence-corrected chi connectivity index (χ3v) is 4.26. The lowest BCUT2D eigenvalue weighted by atomic mass is 10.0. The summed E-state index contributed by atoms with van der Waals surface area (Å²) in [5.74, 6) is -1.14. The number of carbonyl (C=O) groups excluding carboxylic acids is 3. The maximum atomic E-state index is 12.8. The van der Waals surface area contributed by atoms with Crippen LogP contribution in [0.5, 0.6) is 0 Å². The summed E-state index contributed by atoms with van der Waals surface area (Å²) in [4.78, 5) is 38.9. The zero-order chi connectivity index (χ0) is 20.5. The van der Waals surface area contributed by atoms with E-state index in [1.807, 2.05) is 30.3 Å². The van der Waals surface area contributed by atoms with Crippen molar-refractivity contribution in [2.45, 2.75) is 26.5 Å². The number of carbonyl (C=O) groups is 3. The van der Waals surface area contributed by atoms with Gasteiger partial charge in [-0.3, -0.25) is 9.69 Å². The lowest BCUT2D eigenvalue weighted by Crippen LogP contribution is -2.50. The molecule has 148 valence electrons. The van der Waals surface area contributed by atoms with E-state index in [-0.39, 0.29) is 24.9 Å². The monoisotopic (exact) mass is 383 g/mol. The first-order chi connectivity index (χ1) is 13.4. The molecule has 1 atom stereocenters. The van der Waals surface area contributed by atoms with Crippen LogP contribution in [0, 0.1) is 5.92 Å². The van der Waals surface area contributed by atoms with Crippen molar-refractivity contribution >= 4 is 17.8 Å². The number of benzene rings is 2. The van der Waals surface area contributed by atoms with Crippen molar-refractivity contribution in [1.29, 1.82) is 0 Å². The molecule has 0 radical (unpaired) electrons. The van der Waals surface area contributed by atoms with Crippen molar-refractivity contribution in [2.24, 2.45) is 5.92 Å². The third kappa shape index (κ3) is 5.67. The van der Waals surface area contributed by atoms with Crippen molar-refractivity contribution in [3.05, 3.63) is 71.8 Å². The average Bonchev–Trinajstić information content (AvgIpc) is 2.72. The molecule has 1 unspecified atom stereocenters. The third-order valence-electron chi connectivity index (χ3n) is 4.26. The second-order valence-electron chi connectivity index (χ2n) is 6.67. The van der Waals surface area contributed by atoms with E-state index in [2.05, 4.69) is 0 Å². The summed E-state index contributed by atoms with van der Waals surface area (Å²) < 4.78 is 10.2. The van der Waals surface area contributed by atoms with E-state index in [4.69, 9.17) is 9.47 Å². The second-order valence-corrected chi connectivity index (χ2v) is 6.67. The highest BCUT2D eigenvalue weighted by atomic mass is 16.6. The number of ether oxygens (including phenoxy) is 2. The standard InChI is InChI=1S/C22H25NO5/c1-16(2)20(21(25)27-3)23(14-19(24)18-12-8-5-9-13-18)22(26)28-15-17-10-6-4-7-11-17/h4-13,16,20H,14-15H2,1-3H3. The van der Waals surface area contributed by atoms with E-state index in [9.17, 15) is 14.4 Å². The number of ketones is 1. The predicted molar refractivity (Wildman–Crippen MR) is 105 cm³/mol. The van der Waals surface area contributed by atoms with Gasteiger partial charge < -0.3 is 9.47 Å². The van der Waals surface area contributed by atoms with Gasteiger partial charge in [-0.15, -0.1) is 0 Å². The Morgan fingerprint density at radius 2 is 1.50 bits per heavy atom. The number of esters is 1. The molecule has 0 aliphatic heterocycles. The van der Waals surface area contributed by atoms with Crippen LogP contribution in [0.25, 0.3) is 0 Å². The van der Waals surface area contributed by atoms with Gasteiger partial charge in [0.25, 0.3) is 0 Å². The highest BCUT2D eigenvalue weighted by Crippen LogP contribution is 2.16. The summed E-state index contributed by atoms with van der Waals surface area (Å²) in [7, 11) is 1.25. The first kappa shape index (κ1) is 21.2. The smallest absolute Gasteiger partial charge is 0.411 e. The van der Waals surface area contributed by atoms with Gasteiger partial charge in [-0.25, -0.2) is 9.59 Å². The molecule has 0 heterocycles. The van der Waals surface area contributed by atoms with Crippen molar-refractivity contribution < 1.29 is 23.9 Å². The highest BCUT2D eigenvalue weighted by Gasteiger charge is 2.35. The maximum absolute atomic E-state index is 12.8. The van der Waals surface area contributed by atoms with Gasteiger partial charge in [0.2, 0.25) is 0 Å². The Morgan fingerprint density at radius 3 is 2.04 bits per heavy atom. The molecule has 0 fully saturated rings. The van der Waals surface area contributed by atoms with E-state index in [1.54, 1.807) is 44.2 Å². The summed E-state index contributed by atoms with van der Waals surface area (Å²) >= 11 is 0. The van der Waals surface area contributed by atoms with Gasteiger partial charge in [-0.2, -0.15) is 0 Å². The number of amides is 1. The van der Waals surface area contributed by atoms with Gasteiger partial charge in [0.05, 0.1) is 13.7 Å². The minimum atomic E-state index is -0.930. The second kappa shape index (κ2) is 10.3. The van der Waals surface area contributed by atoms with E-state index in [0.717, 1.165) is 10.5 Å². The molecule has 1 amide bonds. The van der Waals surface area contributed by atoms with E-state index in [1.165, 1.54) is 7.11 Å². The van der Waals surface area contributed by atoms with Crippen molar-refractivity contribution in [3.8, 4) is 0 Å². The Bertz CT molecular complexity index is 789. The van der Waals surface area contributed by atoms with Gasteiger partial charge in [0.15, 0.2) is 5.78 Å². The van der Waals surface area contributed by atoms with Crippen molar-refractivity contribution in [2.75, 3.05) is 13.7 Å². The Morgan fingerprint density at radius 1 is 0.929 bits per heavy atom. The fraction of sp³-hybridized carbons (Fsp3) is 0.318. The summed E-state index contributed by atoms with van der Waals surface area (Å²) in [6, 6.07) is 16.9. The maximum Gasteiger partial charge on any atom is 0.411 e. The topological polar surface area (TPSA) is 72.9 Å². The zero-order valence-corrected chi connectivity index (χ0v) is 16.3. The number of methoxy groups -OCH3 is 1. The highest BCUT2D eigenvalue weighted by molar-refractivity contribution is 5.99. The van der Waals surface area contributed by atoms with Gasteiger partial charge in [-0.1, -0.05) is 74.5 Å². The van der Waals surface area contributed by atoms with E-state index in [0.29, 0.717) is 5.56 Å². The normalized spacial score (nSPS) is 11.6. The van der Waals surface area contributed by atoms with E-state index < -0.39 is 18.1 Å². The van der Waals surface area contributed by atoms with Gasteiger partial charge in [0.1, 0.15) is 12.6 Å². The van der Waals surface area contributed by atoms with E-state index >= 15 is 0 Å². The Labute approximate surface area is 165 Å². The summed E-state index contributed by atoms with van der Waals surface area (Å²) in [6.07, 6.45) is -0.739. The molecule has 2 rings (SSSR count). The fourth-order valence-electron chi connectivity index (χ4n) is 2.83. The van der Waals surface area contributed by atoms with Crippen LogP contribution in [0.1, 0.15) is 29.8 Å². The minimum absolute atomic E-state index is 0.0433. The molecule has 6 nitrogen and oxygen atoms in total. The molecule has 0 spiro atoms. The molecule has 0 N–H and O–H groups in total. The molecular formula is C22H25NO5. The van der Waals surface area contributed by atoms with Crippen LogP contribution in [0.15, 0.2) is 60.7 Å². The average molecular weight is 383 g/mol. The Kier molecular flexibility index (Phi) is 7.75. The molecule has 0 saturated carbocycles. The van der Waals surface area contributed by atoms with Gasteiger partial charge in [0, 0.05) is 5.56 Å². The molecule has 0 aliphatic carbocycles. The Balaban J connectivity index is 2.22. The quantitative estimate of drug-likeness (QED) is 0.513. The van der Waals surface area contributed by atoms with Crippen molar-refractivity contribution in [1.82, 2.24) is 4.90 Å². The summed E-state index contributed by atoms with van der Waals surface area (Å²) in [5.41, 5.74) is 1.26. The Hall–Kier alpha value is -3.15. The lowest BCUT2D eigenvalue weighted by molar-refractivity contribution is -0.147. The van der Waals surface area contributed by atoms with Crippen molar-refractivity contribution in [3.63, 3.8) is 0 Å². The van der Waals surface area contributed by atoms with Gasteiger partial charge >= 0.3 is 12.1 Å². The molecule has 6 heteroatoms. The fourth-order valence-corrected chi connectivity index (χ4v) is 2.83. The number of hydrogen-bond donors (Lipinski definition) is 0. The lowest BCUT2D eigenvalue weighted by Gasteiger charge is -2.31. The molecular weight excluding hydrogens is 358 g/mol. The summed E-state index contributed by atoms with van der Waals surface area (Å²) in [6.45, 7) is 3.33. The number of nitrogens with zero attached hydrogens (tertiary/aromatic N) is 1. The number of Topliss-reactive ketones (excluding diaryl/α,β-unsaturated/α-hetero) is 1. The first-order valence-electron chi connectivity index (χ1n) is 9.07. The molecule has 2 aromatic rings. The summed E-state index contributed by atoms with van der Waals surface area (Å²) in [5, 5.41) is 0. The van der Waals surface area contributed by atoms with Crippen LogP contribution in [0.4, 0.5) is 4.79 Å².